The molecule has 0 aliphatic heterocycles. The predicted octanol–water partition coefficient (Wildman–Crippen LogP) is 5.66. The maximum atomic E-state index is 14.4. The van der Waals surface area contributed by atoms with Crippen molar-refractivity contribution in [1.29, 1.82) is 0 Å². The number of carbonyl (C=O) groups excluding carboxylic acids is 1. The Labute approximate surface area is 184 Å². The average molecular weight is 480 g/mol. The number of hydroxylamine groups is 2. The number of hydrogen-bond donors (Lipinski definition) is 1. The second kappa shape index (κ2) is 10.7. The topological polar surface area (TPSA) is 66.8 Å². The van der Waals surface area contributed by atoms with Crippen molar-refractivity contribution in [3.8, 4) is 0 Å². The van der Waals surface area contributed by atoms with E-state index in [1.54, 1.807) is 43.4 Å². The summed E-state index contributed by atoms with van der Waals surface area (Å²) in [7, 11) is 1.69. The van der Waals surface area contributed by atoms with Gasteiger partial charge in [-0.1, -0.05) is 44.2 Å². The summed E-state index contributed by atoms with van der Waals surface area (Å²) in [5, 5.41) is 11.1. The first-order valence-corrected chi connectivity index (χ1v) is 10.6. The van der Waals surface area contributed by atoms with Crippen molar-refractivity contribution in [2.45, 2.75) is 39.0 Å². The van der Waals surface area contributed by atoms with E-state index in [9.17, 15) is 19.1 Å². The lowest BCUT2D eigenvalue weighted by atomic mass is 9.80. The Morgan fingerprint density at radius 2 is 1.80 bits per heavy atom. The van der Waals surface area contributed by atoms with Gasteiger partial charge in [-0.3, -0.25) is 4.79 Å². The quantitative estimate of drug-likeness (QED) is 0.445. The molecule has 0 aliphatic carbocycles. The molecule has 0 amide bonds. The lowest BCUT2D eigenvalue weighted by Crippen LogP contribution is -2.28. The molecule has 0 heterocycles. The second-order valence-corrected chi connectivity index (χ2v) is 8.94. The fourth-order valence-corrected chi connectivity index (χ4v) is 3.52. The molecule has 2 aromatic carbocycles. The molecule has 0 saturated carbocycles. The molecule has 0 bridgehead atoms. The predicted molar refractivity (Wildman–Crippen MR) is 117 cm³/mol. The van der Waals surface area contributed by atoms with Gasteiger partial charge in [0.05, 0.1) is 16.0 Å². The van der Waals surface area contributed by atoms with E-state index in [1.807, 2.05) is 19.9 Å². The van der Waals surface area contributed by atoms with Crippen molar-refractivity contribution in [1.82, 2.24) is 5.06 Å². The summed E-state index contributed by atoms with van der Waals surface area (Å²) < 4.78 is 14.6. The van der Waals surface area contributed by atoms with Gasteiger partial charge in [-0.05, 0) is 58.8 Å². The molecule has 30 heavy (non-hydrogen) atoms. The molecule has 0 spiro atoms. The SMILES string of the molecule is CN(CCC(C)(C)CCC(C(=O)O)c1cccc(Br)c1F)OC(=O)c1ccccc1. The number of carboxylic acid groups (broad SMARTS) is 1. The molecule has 0 aliphatic rings. The second-order valence-electron chi connectivity index (χ2n) is 8.08. The zero-order valence-corrected chi connectivity index (χ0v) is 19.0. The van der Waals surface area contributed by atoms with Crippen LogP contribution in [0.5, 0.6) is 0 Å². The molecule has 1 N–H and O–H groups in total. The third-order valence-electron chi connectivity index (χ3n) is 5.12. The van der Waals surface area contributed by atoms with Crippen LogP contribution in [0.15, 0.2) is 53.0 Å². The van der Waals surface area contributed by atoms with Gasteiger partial charge in [0.25, 0.3) is 0 Å². The third kappa shape index (κ3) is 6.92. The van der Waals surface area contributed by atoms with Crippen molar-refractivity contribution in [3.63, 3.8) is 0 Å². The Kier molecular flexibility index (Phi) is 8.55. The van der Waals surface area contributed by atoms with E-state index in [0.29, 0.717) is 31.4 Å². The van der Waals surface area contributed by atoms with Crippen LogP contribution < -0.4 is 0 Å². The number of halogens is 2. The Bertz CT molecular complexity index is 873. The van der Waals surface area contributed by atoms with Crippen LogP contribution in [0.3, 0.4) is 0 Å². The van der Waals surface area contributed by atoms with Gasteiger partial charge >= 0.3 is 11.9 Å². The summed E-state index contributed by atoms with van der Waals surface area (Å²) >= 11 is 3.12. The largest absolute Gasteiger partial charge is 0.481 e. The molecule has 0 radical (unpaired) electrons. The fraction of sp³-hybridized carbons (Fsp3) is 0.391. The molecule has 162 valence electrons. The molecule has 7 heteroatoms. The van der Waals surface area contributed by atoms with Gasteiger partial charge in [-0.15, -0.1) is 5.06 Å². The van der Waals surface area contributed by atoms with E-state index in [2.05, 4.69) is 15.9 Å². The number of aliphatic carboxylic acids is 1. The van der Waals surface area contributed by atoms with Crippen molar-refractivity contribution in [2.24, 2.45) is 5.41 Å². The van der Waals surface area contributed by atoms with E-state index in [0.717, 1.165) is 0 Å². The number of carboxylic acids is 1. The molecule has 0 saturated heterocycles. The molecule has 1 unspecified atom stereocenters. The Morgan fingerprint density at radius 1 is 1.13 bits per heavy atom. The van der Waals surface area contributed by atoms with E-state index in [1.165, 1.54) is 11.1 Å². The van der Waals surface area contributed by atoms with Gasteiger partial charge < -0.3 is 9.94 Å². The van der Waals surface area contributed by atoms with Gasteiger partial charge in [0, 0.05) is 19.2 Å². The highest BCUT2D eigenvalue weighted by atomic mass is 79.9. The molecule has 5 nitrogen and oxygen atoms in total. The van der Waals surface area contributed by atoms with Crippen LogP contribution >= 0.6 is 15.9 Å². The molecule has 0 aromatic heterocycles. The van der Waals surface area contributed by atoms with Crippen molar-refractivity contribution in [3.05, 3.63) is 69.9 Å². The molecule has 0 fully saturated rings. The maximum absolute atomic E-state index is 14.4. The number of nitrogens with zero attached hydrogens (tertiary/aromatic N) is 1. The Hall–Kier alpha value is -2.25. The minimum atomic E-state index is -1.04. The van der Waals surface area contributed by atoms with Crippen LogP contribution in [0.1, 0.15) is 54.9 Å². The summed E-state index contributed by atoms with van der Waals surface area (Å²) in [5.41, 5.74) is 0.439. The summed E-state index contributed by atoms with van der Waals surface area (Å²) in [6, 6.07) is 13.4. The number of rotatable bonds is 10. The van der Waals surface area contributed by atoms with Gasteiger partial charge in [0.15, 0.2) is 0 Å². The standard InChI is InChI=1S/C23H27BrFNO4/c1-23(2,14-15-26(3)30-22(29)16-8-5-4-6-9-16)13-12-18(21(27)28)17-10-7-11-19(24)20(17)25/h4-11,18H,12-15H2,1-3H3,(H,27,28). The first-order chi connectivity index (χ1) is 14.1. The zero-order valence-electron chi connectivity index (χ0n) is 17.4. The first kappa shape index (κ1) is 24.0. The van der Waals surface area contributed by atoms with Gasteiger partial charge in [0.2, 0.25) is 0 Å². The first-order valence-electron chi connectivity index (χ1n) is 9.76. The zero-order chi connectivity index (χ0) is 22.3. The number of hydrogen-bond acceptors (Lipinski definition) is 4. The van der Waals surface area contributed by atoms with E-state index in [-0.39, 0.29) is 15.5 Å². The van der Waals surface area contributed by atoms with Gasteiger partial charge in [-0.25, -0.2) is 9.18 Å². The molecule has 1 atom stereocenters. The van der Waals surface area contributed by atoms with Crippen LogP contribution in [-0.4, -0.2) is 35.7 Å². The maximum Gasteiger partial charge on any atom is 0.357 e. The van der Waals surface area contributed by atoms with Crippen LogP contribution in [0, 0.1) is 11.2 Å². The van der Waals surface area contributed by atoms with Gasteiger partial charge in [0.1, 0.15) is 5.82 Å². The number of carbonyl (C=O) groups is 2. The molecular formula is C23H27BrFNO4. The van der Waals surface area contributed by atoms with Crippen molar-refractivity contribution < 1.29 is 23.9 Å². The van der Waals surface area contributed by atoms with E-state index < -0.39 is 23.7 Å². The van der Waals surface area contributed by atoms with Crippen molar-refractivity contribution in [2.75, 3.05) is 13.6 Å². The Balaban J connectivity index is 1.91. The summed E-state index contributed by atoms with van der Waals surface area (Å²) in [4.78, 5) is 29.2. The van der Waals surface area contributed by atoms with Crippen LogP contribution in [0.4, 0.5) is 4.39 Å². The Morgan fingerprint density at radius 3 is 2.43 bits per heavy atom. The lowest BCUT2D eigenvalue weighted by molar-refractivity contribution is -0.139. The van der Waals surface area contributed by atoms with Gasteiger partial charge in [-0.2, -0.15) is 0 Å². The third-order valence-corrected chi connectivity index (χ3v) is 5.73. The molecular weight excluding hydrogens is 453 g/mol. The molecule has 2 rings (SSSR count). The van der Waals surface area contributed by atoms with Crippen LogP contribution in [0.25, 0.3) is 0 Å². The fourth-order valence-electron chi connectivity index (χ4n) is 3.14. The van der Waals surface area contributed by atoms with E-state index >= 15 is 0 Å². The smallest absolute Gasteiger partial charge is 0.357 e. The summed E-state index contributed by atoms with van der Waals surface area (Å²) in [5.74, 6) is -2.92. The monoisotopic (exact) mass is 479 g/mol. The summed E-state index contributed by atoms with van der Waals surface area (Å²) in [6.07, 6.45) is 1.57. The normalized spacial score (nSPS) is 12.6. The average Bonchev–Trinajstić information content (AvgIpc) is 2.70. The van der Waals surface area contributed by atoms with Crippen LogP contribution in [0.2, 0.25) is 0 Å². The minimum absolute atomic E-state index is 0.182. The van der Waals surface area contributed by atoms with E-state index in [4.69, 9.17) is 4.84 Å². The highest BCUT2D eigenvalue weighted by Gasteiger charge is 2.28. The van der Waals surface area contributed by atoms with Crippen LogP contribution in [-0.2, 0) is 9.63 Å². The minimum Gasteiger partial charge on any atom is -0.481 e. The highest BCUT2D eigenvalue weighted by molar-refractivity contribution is 9.10. The number of benzene rings is 2. The highest BCUT2D eigenvalue weighted by Crippen LogP contribution is 2.34. The summed E-state index contributed by atoms with van der Waals surface area (Å²) in [6.45, 7) is 4.54. The lowest BCUT2D eigenvalue weighted by Gasteiger charge is -2.28. The molecule has 2 aromatic rings. The van der Waals surface area contributed by atoms with Crippen molar-refractivity contribution >= 4 is 27.9 Å².